The third-order valence-electron chi connectivity index (χ3n) is 4.68. The molecule has 2 heterocycles. The quantitative estimate of drug-likeness (QED) is 0.805. The van der Waals surface area contributed by atoms with Gasteiger partial charge in [-0.25, -0.2) is 9.67 Å². The Labute approximate surface area is 158 Å². The second kappa shape index (κ2) is 9.27. The van der Waals surface area contributed by atoms with Crippen molar-refractivity contribution in [2.45, 2.75) is 44.7 Å². The summed E-state index contributed by atoms with van der Waals surface area (Å²) in [5, 5.41) is 6.81. The fourth-order valence-electron chi connectivity index (χ4n) is 3.18. The number of benzene rings is 1. The van der Waals surface area contributed by atoms with Gasteiger partial charge in [0.15, 0.2) is 0 Å². The molecule has 1 atom stereocenters. The first-order valence-corrected chi connectivity index (χ1v) is 9.39. The maximum Gasteiger partial charge on any atom is 0.248 e. The molecule has 8 heteroatoms. The lowest BCUT2D eigenvalue weighted by Gasteiger charge is -2.19. The standard InChI is InChI=1S/C19H26N6O2/c20-16(15-8-4-3-5-9-15)12-17(26)22-19-21-14-25(23-19)13-18(27)24-10-6-1-2-7-11-24/h3-5,8-9,14,16H,1-2,6-7,10-13,20H2,(H,22,23,26). The summed E-state index contributed by atoms with van der Waals surface area (Å²) in [6.45, 7) is 1.73. The topological polar surface area (TPSA) is 106 Å². The summed E-state index contributed by atoms with van der Waals surface area (Å²) >= 11 is 0. The van der Waals surface area contributed by atoms with Crippen LogP contribution in [-0.4, -0.2) is 44.6 Å². The Hall–Kier alpha value is -2.74. The van der Waals surface area contributed by atoms with E-state index in [1.54, 1.807) is 0 Å². The molecule has 1 aromatic heterocycles. The largest absolute Gasteiger partial charge is 0.341 e. The van der Waals surface area contributed by atoms with Crippen LogP contribution in [0.1, 0.15) is 43.7 Å². The van der Waals surface area contributed by atoms with E-state index in [1.807, 2.05) is 35.2 Å². The molecule has 27 heavy (non-hydrogen) atoms. The van der Waals surface area contributed by atoms with Gasteiger partial charge in [0.05, 0.1) is 0 Å². The number of carbonyl (C=O) groups excluding carboxylic acids is 2. The Morgan fingerprint density at radius 2 is 1.81 bits per heavy atom. The predicted octanol–water partition coefficient (Wildman–Crippen LogP) is 1.71. The molecule has 1 aromatic carbocycles. The van der Waals surface area contributed by atoms with Crippen molar-refractivity contribution in [1.82, 2.24) is 19.7 Å². The van der Waals surface area contributed by atoms with Crippen molar-refractivity contribution in [3.63, 3.8) is 0 Å². The minimum atomic E-state index is -0.391. The predicted molar refractivity (Wildman–Crippen MR) is 102 cm³/mol. The SMILES string of the molecule is NC(CC(=O)Nc1ncn(CC(=O)N2CCCCCC2)n1)c1ccccc1. The van der Waals surface area contributed by atoms with Crippen molar-refractivity contribution in [3.8, 4) is 0 Å². The first-order valence-electron chi connectivity index (χ1n) is 9.39. The van der Waals surface area contributed by atoms with Gasteiger partial charge in [-0.2, -0.15) is 0 Å². The van der Waals surface area contributed by atoms with Gasteiger partial charge in [-0.3, -0.25) is 14.9 Å². The summed E-state index contributed by atoms with van der Waals surface area (Å²) in [7, 11) is 0. The van der Waals surface area contributed by atoms with Gasteiger partial charge < -0.3 is 10.6 Å². The number of nitrogens with two attached hydrogens (primary N) is 1. The van der Waals surface area contributed by atoms with E-state index in [0.717, 1.165) is 31.5 Å². The van der Waals surface area contributed by atoms with Gasteiger partial charge in [-0.15, -0.1) is 5.10 Å². The Balaban J connectivity index is 1.50. The number of amides is 2. The maximum absolute atomic E-state index is 12.4. The van der Waals surface area contributed by atoms with Crippen molar-refractivity contribution in [2.75, 3.05) is 18.4 Å². The molecular weight excluding hydrogens is 344 g/mol. The summed E-state index contributed by atoms with van der Waals surface area (Å²) in [6.07, 6.45) is 6.04. The number of hydrogen-bond acceptors (Lipinski definition) is 5. The highest BCUT2D eigenvalue weighted by Gasteiger charge is 2.17. The Kier molecular flexibility index (Phi) is 6.54. The Bertz CT molecular complexity index is 753. The molecule has 0 bridgehead atoms. The van der Waals surface area contributed by atoms with Gasteiger partial charge >= 0.3 is 0 Å². The van der Waals surface area contributed by atoms with E-state index in [2.05, 4.69) is 15.4 Å². The highest BCUT2D eigenvalue weighted by Crippen LogP contribution is 2.14. The van der Waals surface area contributed by atoms with Crippen LogP contribution in [0.3, 0.4) is 0 Å². The second-order valence-electron chi connectivity index (χ2n) is 6.83. The highest BCUT2D eigenvalue weighted by molar-refractivity contribution is 5.89. The normalized spacial score (nSPS) is 15.8. The molecule has 0 saturated carbocycles. The third-order valence-corrected chi connectivity index (χ3v) is 4.68. The number of aromatic nitrogens is 3. The van der Waals surface area contributed by atoms with Crippen LogP contribution in [0.2, 0.25) is 0 Å². The molecule has 8 nitrogen and oxygen atoms in total. The summed E-state index contributed by atoms with van der Waals surface area (Å²) < 4.78 is 1.46. The van der Waals surface area contributed by atoms with E-state index in [1.165, 1.54) is 23.9 Å². The van der Waals surface area contributed by atoms with Crippen molar-refractivity contribution >= 4 is 17.8 Å². The fourth-order valence-corrected chi connectivity index (χ4v) is 3.18. The van der Waals surface area contributed by atoms with Gasteiger partial charge in [-0.1, -0.05) is 43.2 Å². The minimum Gasteiger partial charge on any atom is -0.341 e. The lowest BCUT2D eigenvalue weighted by molar-refractivity contribution is -0.132. The zero-order chi connectivity index (χ0) is 19.1. The van der Waals surface area contributed by atoms with Crippen LogP contribution in [0.25, 0.3) is 0 Å². The van der Waals surface area contributed by atoms with E-state index in [0.29, 0.717) is 0 Å². The lowest BCUT2D eigenvalue weighted by atomic mass is 10.0. The van der Waals surface area contributed by atoms with E-state index in [-0.39, 0.29) is 30.7 Å². The molecule has 0 spiro atoms. The average molecular weight is 370 g/mol. The average Bonchev–Trinajstić information content (AvgIpc) is 2.93. The molecule has 1 aliphatic rings. The molecule has 144 valence electrons. The van der Waals surface area contributed by atoms with Crippen LogP contribution >= 0.6 is 0 Å². The Morgan fingerprint density at radius 1 is 1.11 bits per heavy atom. The maximum atomic E-state index is 12.4. The van der Waals surface area contributed by atoms with Gasteiger partial charge in [0.1, 0.15) is 12.9 Å². The first-order chi connectivity index (χ1) is 13.1. The summed E-state index contributed by atoms with van der Waals surface area (Å²) in [6, 6.07) is 9.06. The zero-order valence-electron chi connectivity index (χ0n) is 15.4. The highest BCUT2D eigenvalue weighted by atomic mass is 16.2. The van der Waals surface area contributed by atoms with Crippen LogP contribution in [0.15, 0.2) is 36.7 Å². The minimum absolute atomic E-state index is 0.0331. The molecule has 1 unspecified atom stereocenters. The third kappa shape index (κ3) is 5.62. The molecular formula is C19H26N6O2. The molecule has 1 fully saturated rings. The number of nitrogens with one attached hydrogen (secondary N) is 1. The monoisotopic (exact) mass is 370 g/mol. The lowest BCUT2D eigenvalue weighted by Crippen LogP contribution is -2.34. The first kappa shape index (κ1) is 19.0. The summed E-state index contributed by atoms with van der Waals surface area (Å²) in [5.41, 5.74) is 6.96. The number of likely N-dealkylation sites (tertiary alicyclic amines) is 1. The number of anilines is 1. The number of rotatable bonds is 6. The molecule has 0 radical (unpaired) electrons. The van der Waals surface area contributed by atoms with Crippen LogP contribution in [0.4, 0.5) is 5.95 Å². The van der Waals surface area contributed by atoms with Crippen molar-refractivity contribution in [3.05, 3.63) is 42.2 Å². The smallest absolute Gasteiger partial charge is 0.248 e. The number of carbonyl (C=O) groups is 2. The molecule has 1 aliphatic heterocycles. The summed E-state index contributed by atoms with van der Waals surface area (Å²) in [4.78, 5) is 30.5. The van der Waals surface area contributed by atoms with Crippen molar-refractivity contribution < 1.29 is 9.59 Å². The number of nitrogens with zero attached hydrogens (tertiary/aromatic N) is 4. The molecule has 1 saturated heterocycles. The van der Waals surface area contributed by atoms with Gasteiger partial charge in [-0.05, 0) is 18.4 Å². The zero-order valence-corrected chi connectivity index (χ0v) is 15.4. The van der Waals surface area contributed by atoms with E-state index in [4.69, 9.17) is 5.73 Å². The summed E-state index contributed by atoms with van der Waals surface area (Å²) in [5.74, 6) is -0.0438. The van der Waals surface area contributed by atoms with Crippen LogP contribution < -0.4 is 11.1 Å². The van der Waals surface area contributed by atoms with Crippen LogP contribution in [0, 0.1) is 0 Å². The molecule has 3 rings (SSSR count). The van der Waals surface area contributed by atoms with Gasteiger partial charge in [0.25, 0.3) is 0 Å². The molecule has 3 N–H and O–H groups in total. The molecule has 2 aromatic rings. The van der Waals surface area contributed by atoms with E-state index < -0.39 is 6.04 Å². The van der Waals surface area contributed by atoms with Gasteiger partial charge in [0, 0.05) is 25.6 Å². The molecule has 2 amide bonds. The van der Waals surface area contributed by atoms with Crippen molar-refractivity contribution in [1.29, 1.82) is 0 Å². The molecule has 0 aliphatic carbocycles. The van der Waals surface area contributed by atoms with Crippen LogP contribution in [0.5, 0.6) is 0 Å². The second-order valence-corrected chi connectivity index (χ2v) is 6.83. The van der Waals surface area contributed by atoms with Crippen LogP contribution in [-0.2, 0) is 16.1 Å². The van der Waals surface area contributed by atoms with E-state index in [9.17, 15) is 9.59 Å². The fraction of sp³-hybridized carbons (Fsp3) is 0.474. The van der Waals surface area contributed by atoms with E-state index >= 15 is 0 Å². The van der Waals surface area contributed by atoms with Gasteiger partial charge in [0.2, 0.25) is 17.8 Å². The number of hydrogen-bond donors (Lipinski definition) is 2. The Morgan fingerprint density at radius 3 is 2.52 bits per heavy atom. The van der Waals surface area contributed by atoms with Crippen molar-refractivity contribution in [2.24, 2.45) is 5.73 Å².